The highest BCUT2D eigenvalue weighted by Crippen LogP contribution is 2.47. The molecular formula is C43H81O12P. The molecule has 0 aromatic rings. The maximum absolute atomic E-state index is 12.8. The Morgan fingerprint density at radius 2 is 0.946 bits per heavy atom. The molecule has 0 aromatic carbocycles. The van der Waals surface area contributed by atoms with E-state index in [9.17, 15) is 39.8 Å². The molecule has 13 heteroatoms. The molecule has 1 aliphatic carbocycles. The van der Waals surface area contributed by atoms with E-state index in [0.717, 1.165) is 70.6 Å². The van der Waals surface area contributed by atoms with Gasteiger partial charge in [0.25, 0.3) is 0 Å². The average molecular weight is 821 g/mol. The Morgan fingerprint density at radius 3 is 1.43 bits per heavy atom. The monoisotopic (exact) mass is 821 g/mol. The van der Waals surface area contributed by atoms with Crippen LogP contribution in [0, 0.1) is 0 Å². The van der Waals surface area contributed by atoms with Gasteiger partial charge >= 0.3 is 13.8 Å². The number of aliphatic hydroxyl groups is 5. The minimum atomic E-state index is -5.01. The van der Waals surface area contributed by atoms with Gasteiger partial charge in [-0.2, -0.15) is 0 Å². The van der Waals surface area contributed by atoms with Crippen LogP contribution in [0.4, 0.5) is 0 Å². The van der Waals surface area contributed by atoms with Gasteiger partial charge in [0, 0.05) is 13.0 Å². The molecule has 56 heavy (non-hydrogen) atoms. The number of unbranched alkanes of at least 4 members (excludes halogenated alkanes) is 21. The summed E-state index contributed by atoms with van der Waals surface area (Å²) < 4.78 is 34.1. The van der Waals surface area contributed by atoms with E-state index in [2.05, 4.69) is 38.2 Å². The Morgan fingerprint density at radius 1 is 0.554 bits per heavy atom. The second kappa shape index (κ2) is 34.7. The van der Waals surface area contributed by atoms with Crippen molar-refractivity contribution in [2.75, 3.05) is 19.8 Å². The Hall–Kier alpha value is -1.18. The maximum Gasteiger partial charge on any atom is 0.472 e. The summed E-state index contributed by atoms with van der Waals surface area (Å²) in [6.07, 6.45) is 25.3. The van der Waals surface area contributed by atoms with Crippen LogP contribution in [-0.2, 0) is 27.9 Å². The normalized spacial score (nSPS) is 23.2. The second-order valence-corrected chi connectivity index (χ2v) is 16.9. The van der Waals surface area contributed by atoms with Gasteiger partial charge < -0.3 is 39.9 Å². The van der Waals surface area contributed by atoms with Crippen LogP contribution in [0.1, 0.15) is 181 Å². The number of hydrogen-bond donors (Lipinski definition) is 6. The molecule has 6 unspecified atom stereocenters. The first kappa shape index (κ1) is 52.8. The van der Waals surface area contributed by atoms with Crippen molar-refractivity contribution < 1.29 is 58.3 Å². The molecule has 1 fully saturated rings. The van der Waals surface area contributed by atoms with E-state index in [1.165, 1.54) is 83.5 Å². The molecule has 0 aliphatic heterocycles. The molecule has 6 N–H and O–H groups in total. The van der Waals surface area contributed by atoms with Crippen LogP contribution in [-0.4, -0.2) is 98.9 Å². The molecule has 0 radical (unpaired) electrons. The van der Waals surface area contributed by atoms with E-state index in [1.807, 2.05) is 0 Å². The topological polar surface area (TPSA) is 192 Å². The summed E-state index contributed by atoms with van der Waals surface area (Å²) in [5, 5.41) is 50.1. The Balaban J connectivity index is 2.42. The number of aliphatic hydroxyl groups excluding tert-OH is 5. The molecule has 0 amide bonds. The largest absolute Gasteiger partial charge is 0.472 e. The lowest BCUT2D eigenvalue weighted by molar-refractivity contribution is -0.220. The molecule has 0 aromatic heterocycles. The Labute approximate surface area is 339 Å². The molecule has 0 spiro atoms. The van der Waals surface area contributed by atoms with Crippen molar-refractivity contribution in [3.8, 4) is 0 Å². The zero-order valence-electron chi connectivity index (χ0n) is 34.9. The fourth-order valence-corrected chi connectivity index (χ4v) is 7.67. The Kier molecular flexibility index (Phi) is 32.7. The van der Waals surface area contributed by atoms with Crippen molar-refractivity contribution in [2.24, 2.45) is 0 Å². The first-order chi connectivity index (χ1) is 27.0. The molecular weight excluding hydrogens is 739 g/mol. The van der Waals surface area contributed by atoms with Gasteiger partial charge in [0.1, 0.15) is 42.7 Å². The molecule has 0 saturated heterocycles. The highest BCUT2D eigenvalue weighted by Gasteiger charge is 2.51. The van der Waals surface area contributed by atoms with Crippen molar-refractivity contribution in [3.63, 3.8) is 0 Å². The summed E-state index contributed by atoms with van der Waals surface area (Å²) in [7, 11) is -5.01. The van der Waals surface area contributed by atoms with E-state index < -0.39 is 63.1 Å². The fourth-order valence-electron chi connectivity index (χ4n) is 6.70. The standard InChI is InChI=1S/C43H81O12P/c1-3-5-7-9-11-13-15-17-18-19-21-23-25-27-29-31-33-52-34-36(35-53-56(50,51)55-43-41(48)39(46)38(45)40(47)42(43)49)54-37(44)32-30-28-26-24-22-20-16-14-12-10-8-6-4-2/h14,16-18,36,38-43,45-49H,3-13,15,19-35H2,1-2H3,(H,50,51)/b16-14-,18-17-. The lowest BCUT2D eigenvalue weighted by atomic mass is 9.85. The van der Waals surface area contributed by atoms with Gasteiger partial charge in [-0.05, 0) is 64.2 Å². The van der Waals surface area contributed by atoms with E-state index >= 15 is 0 Å². The van der Waals surface area contributed by atoms with Crippen molar-refractivity contribution >= 4 is 13.8 Å². The van der Waals surface area contributed by atoms with Gasteiger partial charge in [0.05, 0.1) is 13.2 Å². The summed E-state index contributed by atoms with van der Waals surface area (Å²) in [5.41, 5.74) is 0. The highest BCUT2D eigenvalue weighted by atomic mass is 31.2. The molecule has 0 bridgehead atoms. The van der Waals surface area contributed by atoms with Crippen LogP contribution in [0.3, 0.4) is 0 Å². The van der Waals surface area contributed by atoms with Crippen LogP contribution in [0.15, 0.2) is 24.3 Å². The van der Waals surface area contributed by atoms with Crippen molar-refractivity contribution in [1.82, 2.24) is 0 Å². The zero-order chi connectivity index (χ0) is 41.3. The molecule has 1 saturated carbocycles. The lowest BCUT2D eigenvalue weighted by Crippen LogP contribution is -2.64. The smallest absolute Gasteiger partial charge is 0.457 e. The predicted octanol–water partition coefficient (Wildman–Crippen LogP) is 8.53. The second-order valence-electron chi connectivity index (χ2n) is 15.5. The highest BCUT2D eigenvalue weighted by molar-refractivity contribution is 7.47. The minimum absolute atomic E-state index is 0.0821. The number of carbonyl (C=O) groups is 1. The molecule has 0 heterocycles. The lowest BCUT2D eigenvalue weighted by Gasteiger charge is -2.41. The summed E-state index contributed by atoms with van der Waals surface area (Å²) in [6, 6.07) is 0. The van der Waals surface area contributed by atoms with Gasteiger partial charge in [0.15, 0.2) is 0 Å². The van der Waals surface area contributed by atoms with Crippen LogP contribution >= 0.6 is 7.82 Å². The quantitative estimate of drug-likeness (QED) is 0.0152. The third kappa shape index (κ3) is 26.7. The summed E-state index contributed by atoms with van der Waals surface area (Å²) >= 11 is 0. The maximum atomic E-state index is 12.8. The molecule has 1 rings (SSSR count). The third-order valence-corrected chi connectivity index (χ3v) is 11.3. The summed E-state index contributed by atoms with van der Waals surface area (Å²) in [4.78, 5) is 23.1. The number of rotatable bonds is 37. The number of carbonyl (C=O) groups excluding carboxylic acids is 1. The summed E-state index contributed by atoms with van der Waals surface area (Å²) in [5.74, 6) is -0.488. The van der Waals surface area contributed by atoms with E-state index in [0.29, 0.717) is 13.0 Å². The molecule has 330 valence electrons. The van der Waals surface area contributed by atoms with Gasteiger partial charge in [-0.25, -0.2) is 4.57 Å². The average Bonchev–Trinajstić information content (AvgIpc) is 3.18. The van der Waals surface area contributed by atoms with Gasteiger partial charge in [-0.3, -0.25) is 13.8 Å². The van der Waals surface area contributed by atoms with Crippen LogP contribution < -0.4 is 0 Å². The first-order valence-corrected chi connectivity index (χ1v) is 23.7. The minimum Gasteiger partial charge on any atom is -0.457 e. The number of hydrogen-bond acceptors (Lipinski definition) is 11. The number of phosphoric ester groups is 1. The zero-order valence-corrected chi connectivity index (χ0v) is 35.8. The van der Waals surface area contributed by atoms with E-state index in [4.69, 9.17) is 18.5 Å². The van der Waals surface area contributed by atoms with E-state index in [1.54, 1.807) is 0 Å². The number of phosphoric acid groups is 1. The van der Waals surface area contributed by atoms with Crippen LogP contribution in [0.5, 0.6) is 0 Å². The van der Waals surface area contributed by atoms with E-state index in [-0.39, 0.29) is 13.0 Å². The van der Waals surface area contributed by atoms with Gasteiger partial charge in [0.2, 0.25) is 0 Å². The number of allylic oxidation sites excluding steroid dienone is 4. The van der Waals surface area contributed by atoms with Crippen molar-refractivity contribution in [2.45, 2.75) is 224 Å². The number of esters is 1. The molecule has 12 nitrogen and oxygen atoms in total. The van der Waals surface area contributed by atoms with Gasteiger partial charge in [-0.1, -0.05) is 134 Å². The van der Waals surface area contributed by atoms with Crippen LogP contribution in [0.2, 0.25) is 0 Å². The van der Waals surface area contributed by atoms with Gasteiger partial charge in [-0.15, -0.1) is 0 Å². The third-order valence-electron chi connectivity index (χ3n) is 10.3. The SMILES string of the molecule is CCCCCC/C=C\CCCCCCCC(=O)OC(COCCCCCCCC/C=C\CCCCCCCC)COP(=O)(O)OC1C(O)C(O)C(O)C(O)C1O. The number of ether oxygens (including phenoxy) is 2. The first-order valence-electron chi connectivity index (χ1n) is 22.2. The van der Waals surface area contributed by atoms with Crippen molar-refractivity contribution in [1.29, 1.82) is 0 Å². The summed E-state index contributed by atoms with van der Waals surface area (Å²) in [6.45, 7) is 4.21. The Bertz CT molecular complexity index is 1030. The van der Waals surface area contributed by atoms with Crippen LogP contribution in [0.25, 0.3) is 0 Å². The predicted molar refractivity (Wildman–Crippen MR) is 221 cm³/mol. The fraction of sp³-hybridized carbons (Fsp3) is 0.884. The van der Waals surface area contributed by atoms with Crippen molar-refractivity contribution in [3.05, 3.63) is 24.3 Å². The molecule has 6 atom stereocenters. The molecule has 1 aliphatic rings.